The predicted molar refractivity (Wildman–Crippen MR) is 66.8 cm³/mol. The second-order valence-corrected chi connectivity index (χ2v) is 4.17. The Morgan fingerprint density at radius 2 is 2.06 bits per heavy atom. The fourth-order valence-electron chi connectivity index (χ4n) is 1.69. The van der Waals surface area contributed by atoms with Gasteiger partial charge < -0.3 is 14.9 Å². The molecule has 0 atom stereocenters. The normalized spacial score (nSPS) is 10.8. The van der Waals surface area contributed by atoms with E-state index in [0.29, 0.717) is 11.1 Å². The van der Waals surface area contributed by atoms with E-state index >= 15 is 0 Å². The number of hydrogen-bond donors (Lipinski definition) is 1. The molecule has 2 aromatic rings. The average molecular weight is 247 g/mol. The highest BCUT2D eigenvalue weighted by Gasteiger charge is 2.11. The zero-order chi connectivity index (χ0) is 13.3. The third kappa shape index (κ3) is 2.34. The quantitative estimate of drug-likeness (QED) is 0.836. The minimum Gasteiger partial charge on any atom is -0.491 e. The molecule has 0 aliphatic rings. The molecule has 5 nitrogen and oxygen atoms in total. The molecular formula is C13H13NO4. The van der Waals surface area contributed by atoms with Gasteiger partial charge in [0.2, 0.25) is 5.91 Å². The molecule has 1 amide bonds. The standard InChI is InChI=1S/C13H13NO4/c1-7(2)17-8-3-4-9-10(13(14)16)6-12(15)18-11(9)5-8/h3-7H,1-2H3,(H2,14,16). The summed E-state index contributed by atoms with van der Waals surface area (Å²) in [6.07, 6.45) is 0.00787. The molecule has 1 aromatic carbocycles. The lowest BCUT2D eigenvalue weighted by Gasteiger charge is -2.10. The predicted octanol–water partition coefficient (Wildman–Crippen LogP) is 1.68. The molecule has 94 valence electrons. The molecule has 0 aliphatic carbocycles. The van der Waals surface area contributed by atoms with Gasteiger partial charge >= 0.3 is 5.63 Å². The number of ether oxygens (including phenoxy) is 1. The summed E-state index contributed by atoms with van der Waals surface area (Å²) in [5.74, 6) is -0.0901. The van der Waals surface area contributed by atoms with Crippen LogP contribution in [0.4, 0.5) is 0 Å². The van der Waals surface area contributed by atoms with E-state index in [1.54, 1.807) is 18.2 Å². The Bertz CT molecular complexity index is 658. The van der Waals surface area contributed by atoms with Gasteiger partial charge in [-0.1, -0.05) is 0 Å². The number of rotatable bonds is 3. The Balaban J connectivity index is 2.64. The van der Waals surface area contributed by atoms with Crippen molar-refractivity contribution in [2.45, 2.75) is 20.0 Å². The van der Waals surface area contributed by atoms with Gasteiger partial charge in [0.25, 0.3) is 0 Å². The van der Waals surface area contributed by atoms with Crippen molar-refractivity contribution in [3.63, 3.8) is 0 Å². The van der Waals surface area contributed by atoms with Gasteiger partial charge in [0, 0.05) is 17.5 Å². The molecular weight excluding hydrogens is 234 g/mol. The number of hydrogen-bond acceptors (Lipinski definition) is 4. The van der Waals surface area contributed by atoms with Crippen molar-refractivity contribution in [3.05, 3.63) is 40.2 Å². The summed E-state index contributed by atoms with van der Waals surface area (Å²) < 4.78 is 10.5. The molecule has 0 bridgehead atoms. The highest BCUT2D eigenvalue weighted by atomic mass is 16.5. The minimum atomic E-state index is -0.662. The summed E-state index contributed by atoms with van der Waals surface area (Å²) in [6.45, 7) is 3.78. The van der Waals surface area contributed by atoms with E-state index in [0.717, 1.165) is 6.07 Å². The van der Waals surface area contributed by atoms with Crippen molar-refractivity contribution in [1.29, 1.82) is 0 Å². The molecule has 2 N–H and O–H groups in total. The number of carbonyl (C=O) groups excluding carboxylic acids is 1. The van der Waals surface area contributed by atoms with Crippen LogP contribution in [-0.2, 0) is 0 Å². The molecule has 0 saturated carbocycles. The van der Waals surface area contributed by atoms with Crippen LogP contribution in [0.5, 0.6) is 5.75 Å². The molecule has 18 heavy (non-hydrogen) atoms. The van der Waals surface area contributed by atoms with Crippen molar-refractivity contribution in [2.75, 3.05) is 0 Å². The molecule has 0 radical (unpaired) electrons. The van der Waals surface area contributed by atoms with E-state index in [2.05, 4.69) is 0 Å². The van der Waals surface area contributed by atoms with Crippen molar-refractivity contribution >= 4 is 16.9 Å². The van der Waals surface area contributed by atoms with Gasteiger partial charge in [-0.05, 0) is 26.0 Å². The first-order chi connectivity index (χ1) is 8.47. The maximum Gasteiger partial charge on any atom is 0.337 e. The van der Waals surface area contributed by atoms with Gasteiger partial charge in [-0.15, -0.1) is 0 Å². The van der Waals surface area contributed by atoms with E-state index in [9.17, 15) is 9.59 Å². The summed E-state index contributed by atoms with van der Waals surface area (Å²) in [5, 5.41) is 0.498. The lowest BCUT2D eigenvalue weighted by Crippen LogP contribution is -2.14. The van der Waals surface area contributed by atoms with Crippen LogP contribution < -0.4 is 16.1 Å². The van der Waals surface area contributed by atoms with Crippen molar-refractivity contribution < 1.29 is 13.9 Å². The highest BCUT2D eigenvalue weighted by molar-refractivity contribution is 6.04. The number of amides is 1. The SMILES string of the molecule is CC(C)Oc1ccc2c(C(N)=O)cc(=O)oc2c1. The zero-order valence-electron chi connectivity index (χ0n) is 10.1. The summed E-state index contributed by atoms with van der Waals surface area (Å²) in [6, 6.07) is 6.02. The van der Waals surface area contributed by atoms with Crippen molar-refractivity contribution in [1.82, 2.24) is 0 Å². The molecule has 2 rings (SSSR count). The average Bonchev–Trinajstić information content (AvgIpc) is 2.26. The molecule has 0 aliphatic heterocycles. The third-order valence-electron chi connectivity index (χ3n) is 2.35. The molecule has 5 heteroatoms. The Morgan fingerprint density at radius 1 is 1.33 bits per heavy atom. The van der Waals surface area contributed by atoms with Crippen LogP contribution in [0.15, 0.2) is 33.5 Å². The van der Waals surface area contributed by atoms with Gasteiger partial charge in [-0.2, -0.15) is 0 Å². The topological polar surface area (TPSA) is 82.5 Å². The Kier molecular flexibility index (Phi) is 3.06. The summed E-state index contributed by atoms with van der Waals surface area (Å²) >= 11 is 0. The van der Waals surface area contributed by atoms with E-state index in [1.807, 2.05) is 13.8 Å². The smallest absolute Gasteiger partial charge is 0.337 e. The summed E-state index contributed by atoms with van der Waals surface area (Å²) in [4.78, 5) is 22.6. The van der Waals surface area contributed by atoms with Crippen LogP contribution in [0, 0.1) is 0 Å². The number of benzene rings is 1. The molecule has 0 unspecified atom stereocenters. The van der Waals surface area contributed by atoms with Gasteiger partial charge in [0.1, 0.15) is 11.3 Å². The number of primary amides is 1. The van der Waals surface area contributed by atoms with Crippen LogP contribution in [-0.4, -0.2) is 12.0 Å². The maximum atomic E-state index is 11.3. The van der Waals surface area contributed by atoms with Crippen molar-refractivity contribution in [3.8, 4) is 5.75 Å². The van der Waals surface area contributed by atoms with Crippen molar-refractivity contribution in [2.24, 2.45) is 5.73 Å². The van der Waals surface area contributed by atoms with Crippen LogP contribution >= 0.6 is 0 Å². The van der Waals surface area contributed by atoms with Crippen LogP contribution in [0.25, 0.3) is 11.0 Å². The van der Waals surface area contributed by atoms with Crippen LogP contribution in [0.3, 0.4) is 0 Å². The molecule has 1 aromatic heterocycles. The van der Waals surface area contributed by atoms with Crippen LogP contribution in [0.1, 0.15) is 24.2 Å². The molecule has 0 fully saturated rings. The second-order valence-electron chi connectivity index (χ2n) is 4.17. The highest BCUT2D eigenvalue weighted by Crippen LogP contribution is 2.23. The molecule has 1 heterocycles. The van der Waals surface area contributed by atoms with Gasteiger partial charge in [0.05, 0.1) is 11.7 Å². The first kappa shape index (κ1) is 12.2. The molecule has 0 spiro atoms. The van der Waals surface area contributed by atoms with E-state index < -0.39 is 11.5 Å². The first-order valence-electron chi connectivity index (χ1n) is 5.52. The maximum absolute atomic E-state index is 11.3. The number of nitrogens with two attached hydrogens (primary N) is 1. The Labute approximate surface area is 103 Å². The Hall–Kier alpha value is -2.30. The minimum absolute atomic E-state index is 0.00787. The number of carbonyl (C=O) groups is 1. The zero-order valence-corrected chi connectivity index (χ0v) is 10.1. The van der Waals surface area contributed by atoms with Gasteiger partial charge in [-0.3, -0.25) is 4.79 Å². The summed E-state index contributed by atoms with van der Waals surface area (Å²) in [7, 11) is 0. The van der Waals surface area contributed by atoms with Crippen LogP contribution in [0.2, 0.25) is 0 Å². The first-order valence-corrected chi connectivity index (χ1v) is 5.52. The Morgan fingerprint density at radius 3 is 2.67 bits per heavy atom. The molecule has 0 saturated heterocycles. The second kappa shape index (κ2) is 4.52. The van der Waals surface area contributed by atoms with E-state index in [1.165, 1.54) is 0 Å². The lowest BCUT2D eigenvalue weighted by atomic mass is 10.1. The number of fused-ring (bicyclic) bond motifs is 1. The monoisotopic (exact) mass is 247 g/mol. The largest absolute Gasteiger partial charge is 0.491 e. The van der Waals surface area contributed by atoms with E-state index in [-0.39, 0.29) is 17.3 Å². The third-order valence-corrected chi connectivity index (χ3v) is 2.35. The fraction of sp³-hybridized carbons (Fsp3) is 0.231. The van der Waals surface area contributed by atoms with Gasteiger partial charge in [-0.25, -0.2) is 4.79 Å². The van der Waals surface area contributed by atoms with E-state index in [4.69, 9.17) is 14.9 Å². The fourth-order valence-corrected chi connectivity index (χ4v) is 1.69. The lowest BCUT2D eigenvalue weighted by molar-refractivity contribution is 0.100. The van der Waals surface area contributed by atoms with Gasteiger partial charge in [0.15, 0.2) is 0 Å². The summed E-state index contributed by atoms with van der Waals surface area (Å²) in [5.41, 5.74) is 5.04.